The zero-order chi connectivity index (χ0) is 20.6. The van der Waals surface area contributed by atoms with Gasteiger partial charge in [-0.2, -0.15) is 0 Å². The minimum Gasteiger partial charge on any atom is -0.271 e. The molecule has 150 valence electrons. The summed E-state index contributed by atoms with van der Waals surface area (Å²) in [5, 5.41) is 1.05. The summed E-state index contributed by atoms with van der Waals surface area (Å²) in [5.74, 6) is -0.0965. The lowest BCUT2D eigenvalue weighted by Gasteiger charge is -2.35. The number of aliphatic imine (C=N–C) groups is 1. The van der Waals surface area contributed by atoms with Crippen molar-refractivity contribution in [3.05, 3.63) is 69.2 Å². The topological polar surface area (TPSA) is 32.7 Å². The Bertz CT molecular complexity index is 992. The Kier molecular flexibility index (Phi) is 5.78. The molecule has 0 unspecified atom stereocenters. The van der Waals surface area contributed by atoms with Gasteiger partial charge in [0.25, 0.3) is 5.91 Å². The Hall–Kier alpha value is -1.75. The van der Waals surface area contributed by atoms with Crippen LogP contribution in [0, 0.1) is 6.92 Å². The lowest BCUT2D eigenvalue weighted by molar-refractivity contribution is 0.0692. The van der Waals surface area contributed by atoms with Gasteiger partial charge in [0, 0.05) is 16.1 Å². The number of hydrogen-bond donors (Lipinski definition) is 0. The molecule has 1 fully saturated rings. The van der Waals surface area contributed by atoms with E-state index in [9.17, 15) is 4.79 Å². The van der Waals surface area contributed by atoms with Crippen molar-refractivity contribution < 1.29 is 4.79 Å². The zero-order valence-corrected chi connectivity index (χ0v) is 18.6. The molecule has 2 aliphatic rings. The monoisotopic (exact) mass is 444 g/mol. The maximum atomic E-state index is 13.6. The fraction of sp³-hybridized carbons (Fsp3) is 0.348. The van der Waals surface area contributed by atoms with Crippen LogP contribution in [0.4, 0.5) is 0 Å². The highest BCUT2D eigenvalue weighted by Gasteiger charge is 2.48. The second kappa shape index (κ2) is 8.17. The Balaban J connectivity index is 1.80. The quantitative estimate of drug-likeness (QED) is 0.487. The number of thiocarbonyl (C=S) groups is 1. The average Bonchev–Trinajstić information content (AvgIpc) is 2.82. The molecule has 6 heteroatoms. The van der Waals surface area contributed by atoms with E-state index in [1.165, 1.54) is 0 Å². The molecule has 0 bridgehead atoms. The van der Waals surface area contributed by atoms with E-state index in [1.54, 1.807) is 17.0 Å². The maximum absolute atomic E-state index is 13.6. The molecule has 1 aliphatic heterocycles. The van der Waals surface area contributed by atoms with Crippen molar-refractivity contribution in [1.29, 1.82) is 0 Å². The molecule has 4 rings (SSSR count). The number of halogens is 2. The number of nitrogens with zero attached hydrogens (tertiary/aromatic N) is 2. The molecule has 1 amide bonds. The van der Waals surface area contributed by atoms with Gasteiger partial charge in [-0.15, -0.1) is 0 Å². The largest absolute Gasteiger partial charge is 0.271 e. The Morgan fingerprint density at radius 1 is 1.03 bits per heavy atom. The van der Waals surface area contributed by atoms with Crippen LogP contribution >= 0.6 is 35.4 Å². The lowest BCUT2D eigenvalue weighted by atomic mass is 9.98. The van der Waals surface area contributed by atoms with E-state index in [4.69, 9.17) is 40.4 Å². The highest BCUT2D eigenvalue weighted by Crippen LogP contribution is 2.41. The van der Waals surface area contributed by atoms with Gasteiger partial charge in [-0.3, -0.25) is 14.7 Å². The van der Waals surface area contributed by atoms with Crippen molar-refractivity contribution >= 4 is 52.0 Å². The third kappa shape index (κ3) is 3.86. The van der Waals surface area contributed by atoms with E-state index >= 15 is 0 Å². The number of rotatable bonds is 2. The highest BCUT2D eigenvalue weighted by molar-refractivity contribution is 7.82. The molecule has 1 heterocycles. The van der Waals surface area contributed by atoms with Crippen molar-refractivity contribution in [2.45, 2.75) is 51.1 Å². The molecule has 29 heavy (non-hydrogen) atoms. The van der Waals surface area contributed by atoms with Crippen LogP contribution in [0.3, 0.4) is 0 Å². The number of aryl methyl sites for hydroxylation is 1. The van der Waals surface area contributed by atoms with E-state index in [1.807, 2.05) is 37.3 Å². The summed E-state index contributed by atoms with van der Waals surface area (Å²) in [6.07, 6.45) is 5.94. The predicted molar refractivity (Wildman–Crippen MR) is 123 cm³/mol. The van der Waals surface area contributed by atoms with Crippen LogP contribution in [0.25, 0.3) is 0 Å². The first-order chi connectivity index (χ1) is 13.9. The van der Waals surface area contributed by atoms with Gasteiger partial charge in [0.2, 0.25) is 0 Å². The second-order valence-corrected chi connectivity index (χ2v) is 9.02. The number of carbonyl (C=O) groups excluding carboxylic acids is 1. The van der Waals surface area contributed by atoms with Gasteiger partial charge in [0.15, 0.2) is 0 Å². The molecule has 0 atom stereocenters. The molecule has 1 saturated carbocycles. The van der Waals surface area contributed by atoms with Gasteiger partial charge in [-0.05, 0) is 62.9 Å². The summed E-state index contributed by atoms with van der Waals surface area (Å²) < 4.78 is 0. The van der Waals surface area contributed by atoms with Crippen molar-refractivity contribution in [3.8, 4) is 0 Å². The fourth-order valence-electron chi connectivity index (χ4n) is 4.19. The average molecular weight is 445 g/mol. The molecular formula is C23H22Cl2N2OS. The van der Waals surface area contributed by atoms with Gasteiger partial charge >= 0.3 is 0 Å². The molecule has 3 nitrogen and oxygen atoms in total. The Morgan fingerprint density at radius 3 is 2.31 bits per heavy atom. The van der Waals surface area contributed by atoms with E-state index in [0.717, 1.165) is 49.7 Å². The van der Waals surface area contributed by atoms with Gasteiger partial charge in [0.1, 0.15) is 16.4 Å². The molecular weight excluding hydrogens is 423 g/mol. The highest BCUT2D eigenvalue weighted by atomic mass is 35.5. The SMILES string of the molecule is Cc1ccc(C(=O)N2C(=S)C(c3ccc(Cl)cc3Cl)=NC23CCCCCC3)cc1. The van der Waals surface area contributed by atoms with Crippen molar-refractivity contribution in [1.82, 2.24) is 4.90 Å². The molecule has 0 N–H and O–H groups in total. The summed E-state index contributed by atoms with van der Waals surface area (Å²) in [4.78, 5) is 20.9. The van der Waals surface area contributed by atoms with E-state index in [0.29, 0.717) is 26.3 Å². The van der Waals surface area contributed by atoms with Crippen molar-refractivity contribution in [2.75, 3.05) is 0 Å². The standard InChI is InChI=1S/C23H22Cl2N2OS/c1-15-6-8-16(9-7-15)21(28)27-22(29)20(18-11-10-17(24)14-19(18)25)26-23(27)12-4-2-3-5-13-23/h6-11,14H,2-5,12-13H2,1H3. The molecule has 0 radical (unpaired) electrons. The third-order valence-corrected chi connectivity index (χ3v) is 6.66. The van der Waals surface area contributed by atoms with Crippen LogP contribution in [0.2, 0.25) is 10.0 Å². The van der Waals surface area contributed by atoms with Crippen LogP contribution in [0.1, 0.15) is 60.0 Å². The number of carbonyl (C=O) groups is 1. The summed E-state index contributed by atoms with van der Waals surface area (Å²) in [5.41, 5.74) is 2.45. The van der Waals surface area contributed by atoms with E-state index in [2.05, 4.69) is 0 Å². The third-order valence-electron chi connectivity index (χ3n) is 5.73. The van der Waals surface area contributed by atoms with Crippen molar-refractivity contribution in [3.63, 3.8) is 0 Å². The van der Waals surface area contributed by atoms with Crippen LogP contribution in [0.15, 0.2) is 47.5 Å². The fourth-order valence-corrected chi connectivity index (χ4v) is 5.10. The van der Waals surface area contributed by atoms with Gasteiger partial charge in [-0.25, -0.2) is 0 Å². The zero-order valence-electron chi connectivity index (χ0n) is 16.3. The first kappa shape index (κ1) is 20.5. The molecule has 1 aliphatic carbocycles. The molecule has 0 aromatic heterocycles. The Morgan fingerprint density at radius 2 is 1.69 bits per heavy atom. The van der Waals surface area contributed by atoms with Crippen molar-refractivity contribution in [2.24, 2.45) is 4.99 Å². The first-order valence-electron chi connectivity index (χ1n) is 9.92. The summed E-state index contributed by atoms with van der Waals surface area (Å²) in [6.45, 7) is 2.01. The van der Waals surface area contributed by atoms with Gasteiger partial charge in [0.05, 0.1) is 5.02 Å². The summed E-state index contributed by atoms with van der Waals surface area (Å²) in [6, 6.07) is 12.9. The number of benzene rings is 2. The lowest BCUT2D eigenvalue weighted by Crippen LogP contribution is -2.49. The molecule has 0 saturated heterocycles. The first-order valence-corrected chi connectivity index (χ1v) is 11.1. The van der Waals surface area contributed by atoms with E-state index < -0.39 is 5.66 Å². The normalized spacial score (nSPS) is 18.7. The Labute approximate surface area is 186 Å². The van der Waals surface area contributed by atoms with E-state index in [-0.39, 0.29) is 5.91 Å². The second-order valence-electron chi connectivity index (χ2n) is 7.79. The minimum atomic E-state index is -0.631. The van der Waals surface area contributed by atoms with Crippen LogP contribution < -0.4 is 0 Å². The summed E-state index contributed by atoms with van der Waals surface area (Å²) in [7, 11) is 0. The smallest absolute Gasteiger partial charge is 0.260 e. The van der Waals surface area contributed by atoms with Gasteiger partial charge in [-0.1, -0.05) is 66.0 Å². The number of amides is 1. The van der Waals surface area contributed by atoms with Crippen LogP contribution in [0.5, 0.6) is 0 Å². The molecule has 1 spiro atoms. The summed E-state index contributed by atoms with van der Waals surface area (Å²) >= 11 is 18.4. The maximum Gasteiger partial charge on any atom is 0.260 e. The minimum absolute atomic E-state index is 0.0965. The van der Waals surface area contributed by atoms with Crippen LogP contribution in [-0.2, 0) is 0 Å². The molecule has 2 aromatic rings. The number of hydrogen-bond acceptors (Lipinski definition) is 3. The van der Waals surface area contributed by atoms with Crippen LogP contribution in [-0.4, -0.2) is 27.2 Å². The molecule has 2 aromatic carbocycles. The van der Waals surface area contributed by atoms with Gasteiger partial charge < -0.3 is 0 Å². The predicted octanol–water partition coefficient (Wildman–Crippen LogP) is 6.62.